The lowest BCUT2D eigenvalue weighted by Crippen LogP contribution is -2.18. The van der Waals surface area contributed by atoms with E-state index in [4.69, 9.17) is 16.3 Å². The van der Waals surface area contributed by atoms with Crippen molar-refractivity contribution in [2.75, 3.05) is 30.9 Å². The molecule has 2 aromatic rings. The molecular formula is C16H18ClN3O2. The van der Waals surface area contributed by atoms with Gasteiger partial charge in [0.2, 0.25) is 5.88 Å². The Morgan fingerprint density at radius 2 is 2.09 bits per heavy atom. The van der Waals surface area contributed by atoms with Crippen molar-refractivity contribution >= 4 is 28.9 Å². The average Bonchev–Trinajstić information content (AvgIpc) is 2.47. The summed E-state index contributed by atoms with van der Waals surface area (Å²) in [5.74, 6) is 0.0258. The van der Waals surface area contributed by atoms with Crippen molar-refractivity contribution < 1.29 is 9.53 Å². The van der Waals surface area contributed by atoms with Crippen LogP contribution in [0.25, 0.3) is 0 Å². The summed E-state index contributed by atoms with van der Waals surface area (Å²) in [5, 5.41) is 3.43. The fourth-order valence-electron chi connectivity index (χ4n) is 2.08. The minimum Gasteiger partial charge on any atom is -0.477 e. The topological polar surface area (TPSA) is 54.5 Å². The number of carbonyl (C=O) groups is 1. The highest BCUT2D eigenvalue weighted by molar-refractivity contribution is 6.34. The molecule has 0 aliphatic heterocycles. The van der Waals surface area contributed by atoms with Crippen molar-refractivity contribution in [2.24, 2.45) is 0 Å². The monoisotopic (exact) mass is 319 g/mol. The first-order valence-corrected chi connectivity index (χ1v) is 7.27. The van der Waals surface area contributed by atoms with E-state index in [9.17, 15) is 4.79 Å². The maximum absolute atomic E-state index is 12.5. The van der Waals surface area contributed by atoms with Crippen LogP contribution in [0.2, 0.25) is 5.02 Å². The van der Waals surface area contributed by atoms with Gasteiger partial charge in [-0.15, -0.1) is 0 Å². The van der Waals surface area contributed by atoms with E-state index in [2.05, 4.69) is 10.3 Å². The number of rotatable bonds is 5. The van der Waals surface area contributed by atoms with Crippen LogP contribution < -0.4 is 15.0 Å². The second-order valence-corrected chi connectivity index (χ2v) is 5.18. The normalized spacial score (nSPS) is 10.2. The molecule has 1 amide bonds. The molecule has 0 saturated heterocycles. The molecule has 0 aliphatic rings. The number of hydrogen-bond acceptors (Lipinski definition) is 4. The van der Waals surface area contributed by atoms with E-state index in [1.807, 2.05) is 25.9 Å². The number of pyridine rings is 1. The van der Waals surface area contributed by atoms with E-state index in [0.717, 1.165) is 5.69 Å². The highest BCUT2D eigenvalue weighted by Crippen LogP contribution is 2.33. The zero-order chi connectivity index (χ0) is 16.1. The van der Waals surface area contributed by atoms with Crippen molar-refractivity contribution in [2.45, 2.75) is 6.92 Å². The van der Waals surface area contributed by atoms with Gasteiger partial charge in [-0.2, -0.15) is 0 Å². The molecule has 0 saturated carbocycles. The van der Waals surface area contributed by atoms with E-state index in [1.165, 1.54) is 0 Å². The predicted molar refractivity (Wildman–Crippen MR) is 89.1 cm³/mol. The zero-order valence-electron chi connectivity index (χ0n) is 12.8. The first-order chi connectivity index (χ1) is 10.5. The second-order valence-electron chi connectivity index (χ2n) is 4.77. The number of nitrogens with one attached hydrogen (secondary N) is 1. The molecule has 2 rings (SSSR count). The summed E-state index contributed by atoms with van der Waals surface area (Å²) in [7, 11) is 3.74. The summed E-state index contributed by atoms with van der Waals surface area (Å²) in [6.45, 7) is 2.29. The van der Waals surface area contributed by atoms with Crippen LogP contribution in [-0.2, 0) is 0 Å². The third-order valence-electron chi connectivity index (χ3n) is 2.98. The quantitative estimate of drug-likeness (QED) is 0.917. The highest BCUT2D eigenvalue weighted by atomic mass is 35.5. The number of halogens is 1. The molecule has 0 radical (unpaired) electrons. The van der Waals surface area contributed by atoms with Gasteiger partial charge in [0, 0.05) is 20.3 Å². The maximum atomic E-state index is 12.5. The summed E-state index contributed by atoms with van der Waals surface area (Å²) < 4.78 is 5.39. The van der Waals surface area contributed by atoms with Crippen LogP contribution in [0.3, 0.4) is 0 Å². The Hall–Kier alpha value is -2.27. The molecule has 0 aliphatic carbocycles. The van der Waals surface area contributed by atoms with Gasteiger partial charge in [-0.05, 0) is 31.2 Å². The number of para-hydroxylation sites is 1. The van der Waals surface area contributed by atoms with E-state index in [1.54, 1.807) is 36.5 Å². The van der Waals surface area contributed by atoms with Gasteiger partial charge in [-0.1, -0.05) is 17.7 Å². The molecule has 1 heterocycles. The molecule has 0 fully saturated rings. The number of nitrogens with zero attached hydrogens (tertiary/aromatic N) is 2. The van der Waals surface area contributed by atoms with Gasteiger partial charge in [0.05, 0.1) is 23.0 Å². The molecule has 0 atom stereocenters. The molecule has 6 heteroatoms. The zero-order valence-corrected chi connectivity index (χ0v) is 13.5. The molecule has 1 N–H and O–H groups in total. The third kappa shape index (κ3) is 3.49. The number of aromatic nitrogens is 1. The smallest absolute Gasteiger partial charge is 0.261 e. The van der Waals surface area contributed by atoms with Crippen LogP contribution in [-0.4, -0.2) is 31.6 Å². The van der Waals surface area contributed by atoms with E-state index in [0.29, 0.717) is 28.8 Å². The van der Waals surface area contributed by atoms with Crippen LogP contribution >= 0.6 is 11.6 Å². The number of carbonyl (C=O) groups excluding carboxylic acids is 1. The minimum atomic E-state index is -0.290. The van der Waals surface area contributed by atoms with E-state index >= 15 is 0 Å². The Morgan fingerprint density at radius 1 is 1.32 bits per heavy atom. The van der Waals surface area contributed by atoms with Crippen LogP contribution in [0.1, 0.15) is 17.3 Å². The predicted octanol–water partition coefficient (Wildman–Crippen LogP) is 3.45. The number of amides is 1. The number of ether oxygens (including phenoxy) is 1. The first kappa shape index (κ1) is 16.1. The highest BCUT2D eigenvalue weighted by Gasteiger charge is 2.16. The average molecular weight is 320 g/mol. The van der Waals surface area contributed by atoms with Crippen molar-refractivity contribution in [3.63, 3.8) is 0 Å². The molecule has 5 nitrogen and oxygen atoms in total. The van der Waals surface area contributed by atoms with E-state index in [-0.39, 0.29) is 5.91 Å². The molecular weight excluding hydrogens is 302 g/mol. The lowest BCUT2D eigenvalue weighted by molar-refractivity contribution is 0.102. The van der Waals surface area contributed by atoms with Crippen molar-refractivity contribution in [3.05, 3.63) is 47.1 Å². The summed E-state index contributed by atoms with van der Waals surface area (Å²) in [6.07, 6.45) is 1.59. The fourth-order valence-corrected chi connectivity index (χ4v) is 2.42. The van der Waals surface area contributed by atoms with Gasteiger partial charge >= 0.3 is 0 Å². The second kappa shape index (κ2) is 7.13. The van der Waals surface area contributed by atoms with Gasteiger partial charge in [-0.3, -0.25) is 4.79 Å². The number of hydrogen-bond donors (Lipinski definition) is 1. The van der Waals surface area contributed by atoms with Gasteiger partial charge in [-0.25, -0.2) is 4.98 Å². The molecule has 22 heavy (non-hydrogen) atoms. The minimum absolute atomic E-state index is 0.290. The fraction of sp³-hybridized carbons (Fsp3) is 0.250. The van der Waals surface area contributed by atoms with Crippen LogP contribution in [0.4, 0.5) is 11.4 Å². The SMILES string of the molecule is CCOc1ncccc1C(=O)Nc1cccc(Cl)c1N(C)C. The Labute approximate surface area is 134 Å². The lowest BCUT2D eigenvalue weighted by atomic mass is 10.2. The maximum Gasteiger partial charge on any atom is 0.261 e. The molecule has 0 bridgehead atoms. The first-order valence-electron chi connectivity index (χ1n) is 6.89. The van der Waals surface area contributed by atoms with Crippen LogP contribution in [0.5, 0.6) is 5.88 Å². The Kier molecular flexibility index (Phi) is 5.22. The Morgan fingerprint density at radius 3 is 2.77 bits per heavy atom. The van der Waals surface area contributed by atoms with Crippen LogP contribution in [0, 0.1) is 0 Å². The summed E-state index contributed by atoms with van der Waals surface area (Å²) in [4.78, 5) is 18.4. The van der Waals surface area contributed by atoms with E-state index < -0.39 is 0 Å². The third-order valence-corrected chi connectivity index (χ3v) is 3.28. The molecule has 1 aromatic heterocycles. The standard InChI is InChI=1S/C16H18ClN3O2/c1-4-22-16-11(7-6-10-18-16)15(21)19-13-9-5-8-12(17)14(13)20(2)3/h5-10H,4H2,1-3H3,(H,19,21). The van der Waals surface area contributed by atoms with Crippen molar-refractivity contribution in [1.82, 2.24) is 4.98 Å². The molecule has 0 spiro atoms. The Bertz CT molecular complexity index is 674. The largest absolute Gasteiger partial charge is 0.477 e. The number of anilines is 2. The van der Waals surface area contributed by atoms with Gasteiger partial charge in [0.25, 0.3) is 5.91 Å². The molecule has 1 aromatic carbocycles. The van der Waals surface area contributed by atoms with Gasteiger partial charge in [0.15, 0.2) is 0 Å². The summed E-state index contributed by atoms with van der Waals surface area (Å²) >= 11 is 6.20. The summed E-state index contributed by atoms with van der Waals surface area (Å²) in [6, 6.07) is 8.74. The molecule has 0 unspecified atom stereocenters. The van der Waals surface area contributed by atoms with Gasteiger partial charge < -0.3 is 15.0 Å². The Balaban J connectivity index is 2.32. The summed E-state index contributed by atoms with van der Waals surface area (Å²) in [5.41, 5.74) is 1.77. The molecule has 116 valence electrons. The van der Waals surface area contributed by atoms with Gasteiger partial charge in [0.1, 0.15) is 5.56 Å². The van der Waals surface area contributed by atoms with Crippen molar-refractivity contribution in [3.8, 4) is 5.88 Å². The van der Waals surface area contributed by atoms with Crippen LogP contribution in [0.15, 0.2) is 36.5 Å². The van der Waals surface area contributed by atoms with Crippen molar-refractivity contribution in [1.29, 1.82) is 0 Å². The lowest BCUT2D eigenvalue weighted by Gasteiger charge is -2.19. The number of benzene rings is 1.